The van der Waals surface area contributed by atoms with E-state index in [1.54, 1.807) is 16.2 Å². The van der Waals surface area contributed by atoms with E-state index in [9.17, 15) is 9.59 Å². The van der Waals surface area contributed by atoms with Gasteiger partial charge in [0, 0.05) is 49.7 Å². The molecule has 4 rings (SSSR count). The van der Waals surface area contributed by atoms with Crippen LogP contribution in [-0.2, 0) is 17.9 Å². The lowest BCUT2D eigenvalue weighted by Gasteiger charge is -2.31. The molecule has 1 saturated heterocycles. The van der Waals surface area contributed by atoms with Gasteiger partial charge in [-0.25, -0.2) is 0 Å². The zero-order valence-electron chi connectivity index (χ0n) is 16.3. The number of rotatable bonds is 5. The van der Waals surface area contributed by atoms with Gasteiger partial charge in [-0.3, -0.25) is 14.5 Å². The molecule has 1 atom stereocenters. The van der Waals surface area contributed by atoms with E-state index in [-0.39, 0.29) is 17.9 Å². The normalized spacial score (nSPS) is 18.8. The zero-order valence-corrected chi connectivity index (χ0v) is 17.2. The van der Waals surface area contributed by atoms with E-state index in [0.29, 0.717) is 13.0 Å². The highest BCUT2D eigenvalue weighted by Crippen LogP contribution is 2.26. The lowest BCUT2D eigenvalue weighted by atomic mass is 10.1. The van der Waals surface area contributed by atoms with Gasteiger partial charge in [0.25, 0.3) is 5.91 Å². The van der Waals surface area contributed by atoms with Crippen molar-refractivity contribution in [3.05, 3.63) is 57.8 Å². The predicted molar refractivity (Wildman–Crippen MR) is 111 cm³/mol. The molecule has 0 saturated carbocycles. The van der Waals surface area contributed by atoms with Crippen molar-refractivity contribution < 1.29 is 9.59 Å². The summed E-state index contributed by atoms with van der Waals surface area (Å²) in [5.74, 6) is 0.0894. The Morgan fingerprint density at radius 3 is 2.71 bits per heavy atom. The molecule has 2 aliphatic heterocycles. The number of fused-ring (bicyclic) bond motifs is 1. The summed E-state index contributed by atoms with van der Waals surface area (Å²) in [6.07, 6.45) is 1.62. The van der Waals surface area contributed by atoms with E-state index in [1.807, 2.05) is 36.1 Å². The van der Waals surface area contributed by atoms with Gasteiger partial charge in [-0.1, -0.05) is 31.2 Å². The number of thiophene rings is 1. The zero-order chi connectivity index (χ0) is 19.5. The molecule has 28 heavy (non-hydrogen) atoms. The van der Waals surface area contributed by atoms with Crippen molar-refractivity contribution in [2.75, 3.05) is 26.2 Å². The maximum Gasteiger partial charge on any atom is 0.255 e. The second-order valence-corrected chi connectivity index (χ2v) is 8.58. The van der Waals surface area contributed by atoms with Crippen LogP contribution >= 0.6 is 11.3 Å². The summed E-state index contributed by atoms with van der Waals surface area (Å²) >= 11 is 1.78. The first-order valence-electron chi connectivity index (χ1n) is 10.1. The van der Waals surface area contributed by atoms with Crippen LogP contribution in [0.25, 0.3) is 0 Å². The highest BCUT2D eigenvalue weighted by molar-refractivity contribution is 7.09. The Morgan fingerprint density at radius 2 is 1.96 bits per heavy atom. The molecular weight excluding hydrogens is 370 g/mol. The van der Waals surface area contributed by atoms with Crippen LogP contribution in [0.2, 0.25) is 0 Å². The number of amides is 2. The highest BCUT2D eigenvalue weighted by Gasteiger charge is 2.37. The first-order valence-corrected chi connectivity index (χ1v) is 11.0. The standard InChI is InChI=1S/C22H27N3O2S/c1-2-20(25-15-17-7-3-4-9-19(17)21(25)26)22(27)24-11-6-10-23(12-13-24)16-18-8-5-14-28-18/h3-5,7-9,14,20H,2,6,10-13,15-16H2,1H3. The summed E-state index contributed by atoms with van der Waals surface area (Å²) in [7, 11) is 0. The van der Waals surface area contributed by atoms with E-state index < -0.39 is 0 Å². The maximum absolute atomic E-state index is 13.3. The van der Waals surface area contributed by atoms with Crippen LogP contribution < -0.4 is 0 Å². The number of benzene rings is 1. The fraction of sp³-hybridized carbons (Fsp3) is 0.455. The third-order valence-electron chi connectivity index (χ3n) is 5.76. The fourth-order valence-corrected chi connectivity index (χ4v) is 4.99. The quantitative estimate of drug-likeness (QED) is 0.778. The van der Waals surface area contributed by atoms with Gasteiger partial charge in [0.05, 0.1) is 0 Å². The molecule has 5 nitrogen and oxygen atoms in total. The van der Waals surface area contributed by atoms with Crippen LogP contribution in [0.4, 0.5) is 0 Å². The summed E-state index contributed by atoms with van der Waals surface area (Å²) in [6.45, 7) is 6.88. The number of nitrogens with zero attached hydrogens (tertiary/aromatic N) is 3. The Kier molecular flexibility index (Phi) is 5.78. The molecule has 0 radical (unpaired) electrons. The minimum Gasteiger partial charge on any atom is -0.340 e. The fourth-order valence-electron chi connectivity index (χ4n) is 4.24. The van der Waals surface area contributed by atoms with Crippen molar-refractivity contribution in [2.45, 2.75) is 38.9 Å². The average molecular weight is 398 g/mol. The SMILES string of the molecule is CCC(C(=O)N1CCCN(Cc2cccs2)CC1)N1Cc2ccccc2C1=O. The summed E-state index contributed by atoms with van der Waals surface area (Å²) in [4.78, 5) is 33.7. The van der Waals surface area contributed by atoms with Crippen molar-refractivity contribution in [3.63, 3.8) is 0 Å². The van der Waals surface area contributed by atoms with Gasteiger partial charge < -0.3 is 9.80 Å². The van der Waals surface area contributed by atoms with Crippen molar-refractivity contribution in [2.24, 2.45) is 0 Å². The molecule has 2 aliphatic rings. The van der Waals surface area contributed by atoms with Crippen molar-refractivity contribution in [1.82, 2.24) is 14.7 Å². The number of hydrogen-bond acceptors (Lipinski definition) is 4. The molecule has 1 unspecified atom stereocenters. The van der Waals surface area contributed by atoms with E-state index in [0.717, 1.165) is 50.3 Å². The minimum atomic E-state index is -0.372. The number of carbonyl (C=O) groups is 2. The predicted octanol–water partition coefficient (Wildman–Crippen LogP) is 3.22. The Morgan fingerprint density at radius 1 is 1.11 bits per heavy atom. The van der Waals surface area contributed by atoms with Gasteiger partial charge in [-0.2, -0.15) is 0 Å². The summed E-state index contributed by atoms with van der Waals surface area (Å²) in [5, 5.41) is 2.11. The molecule has 1 aromatic heterocycles. The molecular formula is C22H27N3O2S. The molecule has 0 aliphatic carbocycles. The molecule has 3 heterocycles. The highest BCUT2D eigenvalue weighted by atomic mass is 32.1. The Balaban J connectivity index is 1.41. The van der Waals surface area contributed by atoms with Gasteiger partial charge in [-0.15, -0.1) is 11.3 Å². The van der Waals surface area contributed by atoms with Crippen LogP contribution in [0.5, 0.6) is 0 Å². The monoisotopic (exact) mass is 397 g/mol. The van der Waals surface area contributed by atoms with Gasteiger partial charge in [0.15, 0.2) is 0 Å². The van der Waals surface area contributed by atoms with Crippen LogP contribution in [0.1, 0.15) is 40.6 Å². The molecule has 0 spiro atoms. The van der Waals surface area contributed by atoms with Crippen LogP contribution in [0.3, 0.4) is 0 Å². The first-order chi connectivity index (χ1) is 13.7. The lowest BCUT2D eigenvalue weighted by Crippen LogP contribution is -2.49. The molecule has 0 N–H and O–H groups in total. The average Bonchev–Trinajstić information content (AvgIpc) is 3.25. The summed E-state index contributed by atoms with van der Waals surface area (Å²) in [5.41, 5.74) is 1.77. The van der Waals surface area contributed by atoms with E-state index in [1.165, 1.54) is 4.88 Å². The molecule has 0 bridgehead atoms. The summed E-state index contributed by atoms with van der Waals surface area (Å²) < 4.78 is 0. The topological polar surface area (TPSA) is 43.9 Å². The molecule has 6 heteroatoms. The van der Waals surface area contributed by atoms with Crippen LogP contribution in [-0.4, -0.2) is 58.7 Å². The van der Waals surface area contributed by atoms with Gasteiger partial charge in [0.1, 0.15) is 6.04 Å². The van der Waals surface area contributed by atoms with E-state index in [4.69, 9.17) is 0 Å². The molecule has 2 aromatic rings. The second kappa shape index (κ2) is 8.45. The Bertz CT molecular complexity index is 836. The van der Waals surface area contributed by atoms with Crippen molar-refractivity contribution >= 4 is 23.2 Å². The van der Waals surface area contributed by atoms with Gasteiger partial charge in [-0.05, 0) is 35.9 Å². The smallest absolute Gasteiger partial charge is 0.255 e. The van der Waals surface area contributed by atoms with Crippen molar-refractivity contribution in [1.29, 1.82) is 0 Å². The number of hydrogen-bond donors (Lipinski definition) is 0. The van der Waals surface area contributed by atoms with Crippen LogP contribution in [0.15, 0.2) is 41.8 Å². The summed E-state index contributed by atoms with van der Waals surface area (Å²) in [6, 6.07) is 11.6. The van der Waals surface area contributed by atoms with Gasteiger partial charge >= 0.3 is 0 Å². The molecule has 2 amide bonds. The van der Waals surface area contributed by atoms with Crippen LogP contribution in [0, 0.1) is 0 Å². The number of carbonyl (C=O) groups excluding carboxylic acids is 2. The van der Waals surface area contributed by atoms with E-state index in [2.05, 4.69) is 22.4 Å². The maximum atomic E-state index is 13.3. The second-order valence-electron chi connectivity index (χ2n) is 7.55. The van der Waals surface area contributed by atoms with E-state index >= 15 is 0 Å². The lowest BCUT2D eigenvalue weighted by molar-refractivity contribution is -0.136. The first kappa shape index (κ1) is 19.2. The Hall–Kier alpha value is -2.18. The third kappa shape index (κ3) is 3.84. The van der Waals surface area contributed by atoms with Gasteiger partial charge in [0.2, 0.25) is 5.91 Å². The largest absolute Gasteiger partial charge is 0.340 e. The molecule has 1 aromatic carbocycles. The molecule has 1 fully saturated rings. The Labute approximate surface area is 170 Å². The third-order valence-corrected chi connectivity index (χ3v) is 6.62. The minimum absolute atomic E-state index is 0.00931. The molecule has 148 valence electrons. The van der Waals surface area contributed by atoms with Crippen molar-refractivity contribution in [3.8, 4) is 0 Å².